The lowest BCUT2D eigenvalue weighted by Gasteiger charge is -2.12. The zero-order valence-electron chi connectivity index (χ0n) is 16.3. The number of hydrogen-bond donors (Lipinski definition) is 2. The number of carbonyl (C=O) groups is 1. The van der Waals surface area contributed by atoms with E-state index < -0.39 is 9.84 Å². The molecule has 6 nitrogen and oxygen atoms in total. The van der Waals surface area contributed by atoms with E-state index in [-0.39, 0.29) is 28.7 Å². The molecule has 0 saturated carbocycles. The number of carbonyl (C=O) groups excluding carboxylic acids is 1. The molecule has 1 aromatic heterocycles. The number of sulfone groups is 1. The van der Waals surface area contributed by atoms with Crippen LogP contribution in [0.25, 0.3) is 0 Å². The van der Waals surface area contributed by atoms with Crippen molar-refractivity contribution in [3.8, 4) is 0 Å². The number of nitrogens with one attached hydrogen (secondary N) is 2. The van der Waals surface area contributed by atoms with Crippen molar-refractivity contribution >= 4 is 49.7 Å². The molecule has 2 atom stereocenters. The Labute approximate surface area is 179 Å². The molecule has 2 aromatic rings. The molecule has 154 valence electrons. The van der Waals surface area contributed by atoms with Gasteiger partial charge in [0, 0.05) is 27.9 Å². The van der Waals surface area contributed by atoms with Gasteiger partial charge >= 0.3 is 0 Å². The first-order valence-corrected chi connectivity index (χ1v) is 13.0. The van der Waals surface area contributed by atoms with Crippen LogP contribution in [0.2, 0.25) is 0 Å². The highest BCUT2D eigenvalue weighted by molar-refractivity contribution is 8.15. The third-order valence-electron chi connectivity index (χ3n) is 5.17. The van der Waals surface area contributed by atoms with E-state index in [0.717, 1.165) is 22.8 Å². The van der Waals surface area contributed by atoms with Gasteiger partial charge in [-0.3, -0.25) is 9.79 Å². The van der Waals surface area contributed by atoms with E-state index in [1.54, 1.807) is 11.3 Å². The summed E-state index contributed by atoms with van der Waals surface area (Å²) in [4.78, 5) is 18.4. The summed E-state index contributed by atoms with van der Waals surface area (Å²) in [6.45, 7) is 4.64. The molecule has 3 heterocycles. The Kier molecular flexibility index (Phi) is 5.72. The average Bonchev–Trinajstić information content (AvgIpc) is 3.29. The molecule has 0 radical (unpaired) electrons. The van der Waals surface area contributed by atoms with E-state index in [0.29, 0.717) is 12.1 Å². The zero-order chi connectivity index (χ0) is 20.6. The van der Waals surface area contributed by atoms with Crippen LogP contribution in [-0.2, 0) is 16.3 Å². The smallest absolute Gasteiger partial charge is 0.251 e. The molecule has 4 rings (SSSR count). The molecule has 2 N–H and O–H groups in total. The summed E-state index contributed by atoms with van der Waals surface area (Å²) in [7, 11) is -2.96. The minimum atomic E-state index is -2.96. The van der Waals surface area contributed by atoms with Gasteiger partial charge in [-0.2, -0.15) is 0 Å². The quantitative estimate of drug-likeness (QED) is 0.733. The van der Waals surface area contributed by atoms with Crippen molar-refractivity contribution < 1.29 is 13.2 Å². The highest BCUT2D eigenvalue weighted by atomic mass is 32.2. The number of hydrogen-bond acceptors (Lipinski definition) is 7. The predicted molar refractivity (Wildman–Crippen MR) is 121 cm³/mol. The van der Waals surface area contributed by atoms with Crippen LogP contribution < -0.4 is 10.6 Å². The van der Waals surface area contributed by atoms with Crippen LogP contribution >= 0.6 is 23.1 Å². The Hall–Kier alpha value is -1.84. The summed E-state index contributed by atoms with van der Waals surface area (Å²) >= 11 is 3.19. The van der Waals surface area contributed by atoms with E-state index in [9.17, 15) is 13.2 Å². The van der Waals surface area contributed by atoms with Crippen LogP contribution in [0.5, 0.6) is 0 Å². The van der Waals surface area contributed by atoms with Gasteiger partial charge in [-0.1, -0.05) is 17.8 Å². The molecule has 0 spiro atoms. The van der Waals surface area contributed by atoms with E-state index in [4.69, 9.17) is 0 Å². The number of aliphatic imine (C=N–C) groups is 1. The first kappa shape index (κ1) is 20.4. The number of aryl methyl sites for hydroxylation is 2. The molecule has 1 saturated heterocycles. The van der Waals surface area contributed by atoms with Crippen LogP contribution in [0, 0.1) is 13.8 Å². The maximum absolute atomic E-state index is 12.6. The van der Waals surface area contributed by atoms with Crippen molar-refractivity contribution in [1.82, 2.24) is 5.32 Å². The van der Waals surface area contributed by atoms with Gasteiger partial charge < -0.3 is 10.6 Å². The molecule has 2 aliphatic heterocycles. The number of thioether (sulfide) groups is 1. The van der Waals surface area contributed by atoms with Crippen molar-refractivity contribution in [2.45, 2.75) is 31.6 Å². The molecule has 1 aromatic carbocycles. The zero-order valence-corrected chi connectivity index (χ0v) is 18.7. The number of rotatable bonds is 5. The van der Waals surface area contributed by atoms with E-state index in [1.165, 1.54) is 22.2 Å². The Morgan fingerprint density at radius 1 is 1.21 bits per heavy atom. The molecule has 29 heavy (non-hydrogen) atoms. The molecule has 9 heteroatoms. The largest absolute Gasteiger partial charge is 0.352 e. The molecule has 0 unspecified atom stereocenters. The fourth-order valence-corrected chi connectivity index (χ4v) is 8.06. The fraction of sp³-hybridized carbons (Fsp3) is 0.400. The summed E-state index contributed by atoms with van der Waals surface area (Å²) in [6.07, 6.45) is 0.825. The summed E-state index contributed by atoms with van der Waals surface area (Å²) in [5.74, 6) is 0.203. The Bertz CT molecular complexity index is 1080. The van der Waals surface area contributed by atoms with Gasteiger partial charge in [-0.25, -0.2) is 8.42 Å². The maximum atomic E-state index is 12.6. The number of fused-ring (bicyclic) bond motifs is 1. The van der Waals surface area contributed by atoms with Gasteiger partial charge in [0.2, 0.25) is 0 Å². The molecule has 1 fully saturated rings. The van der Waals surface area contributed by atoms with Crippen LogP contribution in [0.4, 0.5) is 5.69 Å². The first-order chi connectivity index (χ1) is 13.8. The van der Waals surface area contributed by atoms with Crippen molar-refractivity contribution in [2.75, 3.05) is 23.4 Å². The Morgan fingerprint density at radius 2 is 2.03 bits per heavy atom. The van der Waals surface area contributed by atoms with Crippen molar-refractivity contribution in [3.05, 3.63) is 51.2 Å². The van der Waals surface area contributed by atoms with Gasteiger partial charge in [-0.05, 0) is 55.0 Å². The van der Waals surface area contributed by atoms with Gasteiger partial charge in [0.15, 0.2) is 15.0 Å². The molecule has 2 aliphatic rings. The van der Waals surface area contributed by atoms with Crippen molar-refractivity contribution in [2.24, 2.45) is 4.99 Å². The number of amides is 1. The average molecular weight is 450 g/mol. The lowest BCUT2D eigenvalue weighted by atomic mass is 10.1. The Morgan fingerprint density at radius 3 is 2.76 bits per heavy atom. The van der Waals surface area contributed by atoms with Crippen molar-refractivity contribution in [1.29, 1.82) is 0 Å². The topological polar surface area (TPSA) is 87.6 Å². The number of amidine groups is 1. The third kappa shape index (κ3) is 4.67. The molecule has 0 bridgehead atoms. The first-order valence-electron chi connectivity index (χ1n) is 9.44. The highest BCUT2D eigenvalue weighted by Crippen LogP contribution is 2.35. The third-order valence-corrected chi connectivity index (χ3v) is 9.39. The van der Waals surface area contributed by atoms with E-state index in [2.05, 4.69) is 34.0 Å². The van der Waals surface area contributed by atoms with Crippen LogP contribution in [0.1, 0.15) is 26.4 Å². The monoisotopic (exact) mass is 449 g/mol. The summed E-state index contributed by atoms with van der Waals surface area (Å²) in [5.41, 5.74) is 3.68. The summed E-state index contributed by atoms with van der Waals surface area (Å²) in [6, 6.07) is 7.48. The predicted octanol–water partition coefficient (Wildman–Crippen LogP) is 3.02. The lowest BCUT2D eigenvalue weighted by Crippen LogP contribution is -2.25. The Balaban J connectivity index is 1.39. The van der Waals surface area contributed by atoms with Gasteiger partial charge in [0.25, 0.3) is 5.91 Å². The van der Waals surface area contributed by atoms with Gasteiger partial charge in [0.05, 0.1) is 17.5 Å². The normalized spacial score (nSPS) is 22.2. The second kappa shape index (κ2) is 8.12. The van der Waals surface area contributed by atoms with Gasteiger partial charge in [0.1, 0.15) is 0 Å². The van der Waals surface area contributed by atoms with Crippen LogP contribution in [0.3, 0.4) is 0 Å². The minimum Gasteiger partial charge on any atom is -0.352 e. The number of anilines is 1. The van der Waals surface area contributed by atoms with Crippen LogP contribution in [-0.4, -0.2) is 48.8 Å². The van der Waals surface area contributed by atoms with Crippen LogP contribution in [0.15, 0.2) is 34.6 Å². The molecular formula is C20H23N3O3S3. The lowest BCUT2D eigenvalue weighted by molar-refractivity contribution is 0.0954. The number of nitrogens with zero attached hydrogens (tertiary/aromatic N) is 1. The maximum Gasteiger partial charge on any atom is 0.251 e. The summed E-state index contributed by atoms with van der Waals surface area (Å²) < 4.78 is 23.4. The van der Waals surface area contributed by atoms with Crippen molar-refractivity contribution in [3.63, 3.8) is 0 Å². The number of thiophene rings is 1. The highest BCUT2D eigenvalue weighted by Gasteiger charge is 2.42. The molecule has 1 amide bonds. The molecular weight excluding hydrogens is 426 g/mol. The number of benzene rings is 1. The summed E-state index contributed by atoms with van der Waals surface area (Å²) in [5, 5.41) is 9.06. The fourth-order valence-electron chi connectivity index (χ4n) is 3.48. The molecule has 0 aliphatic carbocycles. The standard InChI is InChI=1S/C20H23N3O3S3/c1-12-3-4-14(19(24)21-7-5-17-13(2)6-8-27-17)9-15(12)22-20-23-16-10-29(25,26)11-18(16)28-20/h3-4,6,8-9,16,18H,5,7,10-11H2,1-2H3,(H,21,24)(H,22,23)/t16-,18+/m0/s1. The SMILES string of the molecule is Cc1ccc(C(=O)NCCc2sccc2C)cc1NC1=N[C@H]2CS(=O)(=O)C[C@H]2S1. The van der Waals surface area contributed by atoms with Gasteiger partial charge in [-0.15, -0.1) is 11.3 Å². The second-order valence-corrected chi connectivity index (χ2v) is 11.8. The minimum absolute atomic E-state index is 0.00463. The second-order valence-electron chi connectivity index (χ2n) is 7.42. The van der Waals surface area contributed by atoms with E-state index in [1.807, 2.05) is 25.1 Å². The van der Waals surface area contributed by atoms with E-state index >= 15 is 0 Å².